The van der Waals surface area contributed by atoms with E-state index in [9.17, 15) is 18.7 Å². The summed E-state index contributed by atoms with van der Waals surface area (Å²) in [6.07, 6.45) is 1.18. The molecule has 0 aromatic heterocycles. The molecule has 5 nitrogen and oxygen atoms in total. The number of hydrogen-bond acceptors (Lipinski definition) is 3. The Labute approximate surface area is 157 Å². The fourth-order valence-electron chi connectivity index (χ4n) is 3.17. The van der Waals surface area contributed by atoms with Gasteiger partial charge in [-0.15, -0.1) is 0 Å². The van der Waals surface area contributed by atoms with Gasteiger partial charge in [0.05, 0.1) is 23.7 Å². The predicted octanol–water partition coefficient (Wildman–Crippen LogP) is 3.69. The zero-order valence-corrected chi connectivity index (χ0v) is 15.5. The Bertz CT molecular complexity index is 839. The number of amides is 2. The van der Waals surface area contributed by atoms with Crippen molar-refractivity contribution in [3.63, 3.8) is 0 Å². The first-order chi connectivity index (χ1) is 12.4. The highest BCUT2D eigenvalue weighted by atomic mass is 79.9. The Morgan fingerprint density at radius 2 is 2.00 bits per heavy atom. The van der Waals surface area contributed by atoms with E-state index in [2.05, 4.69) is 26.6 Å². The molecule has 0 bridgehead atoms. The quantitative estimate of drug-likeness (QED) is 0.652. The monoisotopic (exact) mass is 426 g/mol. The van der Waals surface area contributed by atoms with Crippen molar-refractivity contribution in [2.45, 2.75) is 18.4 Å². The standard InChI is InChI=1S/C18H17BrF2N2O3/c1-26-12-3-2-10-4-5-18(9-24,13(10)8-12)23-17(25)22-11-6-14(20)16(19)15(21)7-11/h2-3,6-8,24H,4-5,9H2,1H3,(H2,22,23,25). The van der Waals surface area contributed by atoms with Crippen molar-refractivity contribution in [1.29, 1.82) is 0 Å². The lowest BCUT2D eigenvalue weighted by Gasteiger charge is -2.30. The smallest absolute Gasteiger partial charge is 0.320 e. The van der Waals surface area contributed by atoms with E-state index < -0.39 is 23.2 Å². The highest BCUT2D eigenvalue weighted by molar-refractivity contribution is 9.10. The van der Waals surface area contributed by atoms with E-state index in [0.29, 0.717) is 18.6 Å². The van der Waals surface area contributed by atoms with Crippen LogP contribution in [-0.4, -0.2) is 24.9 Å². The average molecular weight is 427 g/mol. The average Bonchev–Trinajstić information content (AvgIpc) is 2.97. The number of rotatable bonds is 4. The molecule has 26 heavy (non-hydrogen) atoms. The van der Waals surface area contributed by atoms with Crippen LogP contribution >= 0.6 is 15.9 Å². The van der Waals surface area contributed by atoms with Gasteiger partial charge in [0, 0.05) is 5.69 Å². The number of urea groups is 1. The Hall–Kier alpha value is -2.19. The van der Waals surface area contributed by atoms with Gasteiger partial charge in [0.1, 0.15) is 17.4 Å². The molecule has 2 aromatic rings. The maximum Gasteiger partial charge on any atom is 0.320 e. The lowest BCUT2D eigenvalue weighted by molar-refractivity contribution is 0.163. The first kappa shape index (κ1) is 18.6. The van der Waals surface area contributed by atoms with Crippen LogP contribution in [0.15, 0.2) is 34.8 Å². The lowest BCUT2D eigenvalue weighted by Crippen LogP contribution is -2.48. The molecule has 138 valence electrons. The van der Waals surface area contributed by atoms with Crippen molar-refractivity contribution >= 4 is 27.6 Å². The number of benzene rings is 2. The molecule has 1 atom stereocenters. The summed E-state index contributed by atoms with van der Waals surface area (Å²) in [6, 6.07) is 6.83. The second kappa shape index (κ2) is 7.20. The molecule has 8 heteroatoms. The second-order valence-corrected chi connectivity index (χ2v) is 6.89. The number of ether oxygens (including phenoxy) is 1. The fourth-order valence-corrected chi connectivity index (χ4v) is 3.40. The molecule has 1 aliphatic rings. The number of methoxy groups -OCH3 is 1. The Balaban J connectivity index is 1.83. The van der Waals surface area contributed by atoms with Gasteiger partial charge in [0.2, 0.25) is 0 Å². The summed E-state index contributed by atoms with van der Waals surface area (Å²) in [4.78, 5) is 12.4. The van der Waals surface area contributed by atoms with Crippen molar-refractivity contribution in [1.82, 2.24) is 5.32 Å². The highest BCUT2D eigenvalue weighted by Gasteiger charge is 2.40. The van der Waals surface area contributed by atoms with Gasteiger partial charge >= 0.3 is 6.03 Å². The van der Waals surface area contributed by atoms with E-state index in [4.69, 9.17) is 4.74 Å². The molecule has 0 saturated carbocycles. The van der Waals surface area contributed by atoms with Crippen LogP contribution < -0.4 is 15.4 Å². The van der Waals surface area contributed by atoms with Crippen molar-refractivity contribution < 1.29 is 23.4 Å². The molecule has 0 saturated heterocycles. The van der Waals surface area contributed by atoms with Crippen LogP contribution in [0.4, 0.5) is 19.3 Å². The number of carbonyl (C=O) groups excluding carboxylic acids is 1. The third kappa shape index (κ3) is 3.39. The normalized spacial score (nSPS) is 18.3. The number of fused-ring (bicyclic) bond motifs is 1. The number of aliphatic hydroxyl groups excluding tert-OH is 1. The van der Waals surface area contributed by atoms with E-state index in [1.165, 1.54) is 7.11 Å². The van der Waals surface area contributed by atoms with Gasteiger partial charge in [-0.3, -0.25) is 0 Å². The maximum absolute atomic E-state index is 13.6. The molecule has 3 rings (SSSR count). The van der Waals surface area contributed by atoms with Crippen LogP contribution in [0.2, 0.25) is 0 Å². The summed E-state index contributed by atoms with van der Waals surface area (Å²) in [7, 11) is 1.54. The summed E-state index contributed by atoms with van der Waals surface area (Å²) >= 11 is 2.78. The van der Waals surface area contributed by atoms with Crippen molar-refractivity contribution in [3.05, 3.63) is 57.6 Å². The van der Waals surface area contributed by atoms with Gasteiger partial charge in [-0.05, 0) is 64.2 Å². The summed E-state index contributed by atoms with van der Waals surface area (Å²) in [5.41, 5.74) is 0.752. The van der Waals surface area contributed by atoms with Gasteiger partial charge in [0.25, 0.3) is 0 Å². The minimum Gasteiger partial charge on any atom is -0.497 e. The van der Waals surface area contributed by atoms with Crippen LogP contribution in [0.1, 0.15) is 17.5 Å². The van der Waals surface area contributed by atoms with Gasteiger partial charge in [-0.25, -0.2) is 13.6 Å². The van der Waals surface area contributed by atoms with Crippen LogP contribution in [0.5, 0.6) is 5.75 Å². The molecule has 0 heterocycles. The van der Waals surface area contributed by atoms with E-state index in [-0.39, 0.29) is 16.8 Å². The topological polar surface area (TPSA) is 70.6 Å². The fraction of sp³-hybridized carbons (Fsp3) is 0.278. The van der Waals surface area contributed by atoms with E-state index in [1.807, 2.05) is 12.1 Å². The molecule has 1 aliphatic carbocycles. The van der Waals surface area contributed by atoms with Crippen molar-refractivity contribution in [3.8, 4) is 5.75 Å². The number of carbonyl (C=O) groups is 1. The molecular weight excluding hydrogens is 410 g/mol. The molecule has 0 aliphatic heterocycles. The van der Waals surface area contributed by atoms with Crippen LogP contribution in [0.3, 0.4) is 0 Å². The van der Waals surface area contributed by atoms with Crippen LogP contribution in [-0.2, 0) is 12.0 Å². The molecule has 3 N–H and O–H groups in total. The van der Waals surface area contributed by atoms with Crippen molar-refractivity contribution in [2.75, 3.05) is 19.0 Å². The van der Waals surface area contributed by atoms with Crippen LogP contribution in [0, 0.1) is 11.6 Å². The van der Waals surface area contributed by atoms with Crippen molar-refractivity contribution in [2.24, 2.45) is 0 Å². The number of anilines is 1. The lowest BCUT2D eigenvalue weighted by atomic mass is 9.92. The number of halogens is 3. The highest BCUT2D eigenvalue weighted by Crippen LogP contribution is 2.38. The van der Waals surface area contributed by atoms with E-state index in [0.717, 1.165) is 23.3 Å². The Kier molecular flexibility index (Phi) is 5.15. The maximum atomic E-state index is 13.6. The molecule has 2 amide bonds. The van der Waals surface area contributed by atoms with Gasteiger partial charge < -0.3 is 20.5 Å². The predicted molar refractivity (Wildman–Crippen MR) is 96.3 cm³/mol. The summed E-state index contributed by atoms with van der Waals surface area (Å²) < 4.78 is 32.1. The zero-order chi connectivity index (χ0) is 18.9. The number of aryl methyl sites for hydroxylation is 1. The van der Waals surface area contributed by atoms with Crippen LogP contribution in [0.25, 0.3) is 0 Å². The Morgan fingerprint density at radius 1 is 1.31 bits per heavy atom. The Morgan fingerprint density at radius 3 is 2.62 bits per heavy atom. The molecule has 2 aromatic carbocycles. The van der Waals surface area contributed by atoms with Gasteiger partial charge in [-0.1, -0.05) is 6.07 Å². The minimum atomic E-state index is -0.986. The molecular formula is C18H17BrF2N2O3. The zero-order valence-electron chi connectivity index (χ0n) is 13.9. The van der Waals surface area contributed by atoms with E-state index >= 15 is 0 Å². The first-order valence-corrected chi connectivity index (χ1v) is 8.70. The largest absolute Gasteiger partial charge is 0.497 e. The van der Waals surface area contributed by atoms with Gasteiger partial charge in [0.15, 0.2) is 0 Å². The second-order valence-electron chi connectivity index (χ2n) is 6.10. The van der Waals surface area contributed by atoms with Gasteiger partial charge in [-0.2, -0.15) is 0 Å². The molecule has 1 unspecified atom stereocenters. The summed E-state index contributed by atoms with van der Waals surface area (Å²) in [5, 5.41) is 15.1. The number of nitrogens with one attached hydrogen (secondary N) is 2. The molecule has 0 spiro atoms. The minimum absolute atomic E-state index is 0.0300. The SMILES string of the molecule is COc1ccc2c(c1)C(CO)(NC(=O)Nc1cc(F)c(Br)c(F)c1)CC2. The summed E-state index contributed by atoms with van der Waals surface area (Å²) in [5.74, 6) is -1.04. The summed E-state index contributed by atoms with van der Waals surface area (Å²) in [6.45, 7) is -0.316. The molecule has 0 radical (unpaired) electrons. The number of hydrogen-bond donors (Lipinski definition) is 3. The number of aliphatic hydroxyl groups is 1. The van der Waals surface area contributed by atoms with E-state index in [1.54, 1.807) is 6.07 Å². The third-order valence-electron chi connectivity index (χ3n) is 4.52. The molecule has 0 fully saturated rings. The third-order valence-corrected chi connectivity index (χ3v) is 5.28. The first-order valence-electron chi connectivity index (χ1n) is 7.90.